The minimum absolute atomic E-state index is 0.385. The van der Waals surface area contributed by atoms with E-state index in [1.807, 2.05) is 0 Å². The molecule has 0 aromatic rings. The SMILES string of the molecule is NCCCN(C(=O)CC1CCC1)C1CC1. The summed E-state index contributed by atoms with van der Waals surface area (Å²) in [6.45, 7) is 1.58. The van der Waals surface area contributed by atoms with E-state index in [9.17, 15) is 4.79 Å². The van der Waals surface area contributed by atoms with Crippen LogP contribution in [0, 0.1) is 5.92 Å². The summed E-state index contributed by atoms with van der Waals surface area (Å²) in [4.78, 5) is 14.1. The van der Waals surface area contributed by atoms with Gasteiger partial charge in [0.2, 0.25) is 5.91 Å². The quantitative estimate of drug-likeness (QED) is 0.722. The fraction of sp³-hybridized carbons (Fsp3) is 0.917. The molecule has 0 bridgehead atoms. The summed E-state index contributed by atoms with van der Waals surface area (Å²) in [7, 11) is 0. The number of nitrogens with zero attached hydrogens (tertiary/aromatic N) is 1. The summed E-state index contributed by atoms with van der Waals surface area (Å²) in [6, 6.07) is 0.559. The fourth-order valence-electron chi connectivity index (χ4n) is 2.22. The second-order valence-electron chi connectivity index (χ2n) is 4.96. The molecule has 2 fully saturated rings. The third-order valence-corrected chi connectivity index (χ3v) is 3.60. The zero-order chi connectivity index (χ0) is 10.7. The Balaban J connectivity index is 1.77. The molecule has 0 aromatic heterocycles. The van der Waals surface area contributed by atoms with Gasteiger partial charge in [0.15, 0.2) is 0 Å². The van der Waals surface area contributed by atoms with Gasteiger partial charge in [-0.25, -0.2) is 0 Å². The van der Waals surface area contributed by atoms with Crippen LogP contribution >= 0.6 is 0 Å². The van der Waals surface area contributed by atoms with Crippen molar-refractivity contribution >= 4 is 5.91 Å². The zero-order valence-electron chi connectivity index (χ0n) is 9.45. The van der Waals surface area contributed by atoms with E-state index in [1.54, 1.807) is 0 Å². The highest BCUT2D eigenvalue weighted by atomic mass is 16.2. The lowest BCUT2D eigenvalue weighted by Gasteiger charge is -2.29. The third-order valence-electron chi connectivity index (χ3n) is 3.60. The molecule has 2 aliphatic carbocycles. The van der Waals surface area contributed by atoms with Crippen LogP contribution in [0.4, 0.5) is 0 Å². The van der Waals surface area contributed by atoms with E-state index in [4.69, 9.17) is 5.73 Å². The first-order valence-corrected chi connectivity index (χ1v) is 6.31. The third kappa shape index (κ3) is 2.94. The molecule has 15 heavy (non-hydrogen) atoms. The van der Waals surface area contributed by atoms with Crippen molar-refractivity contribution in [1.82, 2.24) is 4.90 Å². The Morgan fingerprint density at radius 2 is 2.00 bits per heavy atom. The first-order chi connectivity index (χ1) is 7.31. The van der Waals surface area contributed by atoms with Crippen LogP contribution in [0.15, 0.2) is 0 Å². The Kier molecular flexibility index (Phi) is 3.62. The van der Waals surface area contributed by atoms with Gasteiger partial charge >= 0.3 is 0 Å². The van der Waals surface area contributed by atoms with Gasteiger partial charge in [-0.05, 0) is 44.6 Å². The van der Waals surface area contributed by atoms with Gasteiger partial charge in [0.05, 0.1) is 0 Å². The van der Waals surface area contributed by atoms with Crippen molar-refractivity contribution in [2.75, 3.05) is 13.1 Å². The van der Waals surface area contributed by atoms with Gasteiger partial charge in [-0.15, -0.1) is 0 Å². The van der Waals surface area contributed by atoms with Crippen LogP contribution in [0.3, 0.4) is 0 Å². The number of hydrogen-bond donors (Lipinski definition) is 1. The summed E-state index contributed by atoms with van der Waals surface area (Å²) < 4.78 is 0. The van der Waals surface area contributed by atoms with E-state index in [0.717, 1.165) is 19.4 Å². The first kappa shape index (κ1) is 10.9. The van der Waals surface area contributed by atoms with Crippen LogP contribution < -0.4 is 5.73 Å². The molecule has 0 unspecified atom stereocenters. The standard InChI is InChI=1S/C12H22N2O/c13-7-2-8-14(11-5-6-11)12(15)9-10-3-1-4-10/h10-11H,1-9,13H2. The van der Waals surface area contributed by atoms with Crippen molar-refractivity contribution in [3.05, 3.63) is 0 Å². The Bertz CT molecular complexity index is 222. The van der Waals surface area contributed by atoms with E-state index in [0.29, 0.717) is 24.4 Å². The highest BCUT2D eigenvalue weighted by Crippen LogP contribution is 2.33. The molecular weight excluding hydrogens is 188 g/mol. The van der Waals surface area contributed by atoms with Crippen LogP contribution in [0.2, 0.25) is 0 Å². The minimum Gasteiger partial charge on any atom is -0.340 e. The molecule has 3 nitrogen and oxygen atoms in total. The Morgan fingerprint density at radius 3 is 2.47 bits per heavy atom. The molecular formula is C12H22N2O. The van der Waals surface area contributed by atoms with Crippen LogP contribution in [-0.4, -0.2) is 29.9 Å². The van der Waals surface area contributed by atoms with Crippen molar-refractivity contribution in [3.63, 3.8) is 0 Å². The van der Waals surface area contributed by atoms with E-state index < -0.39 is 0 Å². The Morgan fingerprint density at radius 1 is 1.27 bits per heavy atom. The number of carbonyl (C=O) groups is 1. The number of hydrogen-bond acceptors (Lipinski definition) is 2. The van der Waals surface area contributed by atoms with Crippen molar-refractivity contribution in [2.45, 2.75) is 51.0 Å². The zero-order valence-corrected chi connectivity index (χ0v) is 9.45. The molecule has 0 atom stereocenters. The van der Waals surface area contributed by atoms with Crippen LogP contribution in [0.5, 0.6) is 0 Å². The second kappa shape index (κ2) is 4.97. The molecule has 0 aromatic carbocycles. The summed E-state index contributed by atoms with van der Waals surface area (Å²) in [5.41, 5.74) is 5.50. The highest BCUT2D eigenvalue weighted by Gasteiger charge is 2.33. The normalized spacial score (nSPS) is 21.1. The van der Waals surface area contributed by atoms with Crippen LogP contribution in [0.1, 0.15) is 44.9 Å². The summed E-state index contributed by atoms with van der Waals surface area (Å²) in [5, 5.41) is 0. The molecule has 0 heterocycles. The molecule has 2 N–H and O–H groups in total. The van der Waals surface area contributed by atoms with Crippen molar-refractivity contribution in [2.24, 2.45) is 11.7 Å². The van der Waals surface area contributed by atoms with Crippen molar-refractivity contribution in [1.29, 1.82) is 0 Å². The molecule has 2 saturated carbocycles. The van der Waals surface area contributed by atoms with Gasteiger partial charge in [0.25, 0.3) is 0 Å². The number of carbonyl (C=O) groups excluding carboxylic acids is 1. The lowest BCUT2D eigenvalue weighted by Crippen LogP contribution is -2.36. The molecule has 0 aliphatic heterocycles. The number of nitrogens with two attached hydrogens (primary N) is 1. The molecule has 3 heteroatoms. The lowest BCUT2D eigenvalue weighted by atomic mass is 9.82. The average molecular weight is 210 g/mol. The summed E-state index contributed by atoms with van der Waals surface area (Å²) in [6.07, 6.45) is 8.02. The summed E-state index contributed by atoms with van der Waals surface area (Å²) in [5.74, 6) is 1.08. The van der Waals surface area contributed by atoms with Gasteiger partial charge in [-0.2, -0.15) is 0 Å². The smallest absolute Gasteiger partial charge is 0.223 e. The molecule has 0 saturated heterocycles. The second-order valence-corrected chi connectivity index (χ2v) is 4.96. The average Bonchev–Trinajstić information content (AvgIpc) is 2.96. The van der Waals surface area contributed by atoms with E-state index in [1.165, 1.54) is 32.1 Å². The number of amides is 1. The molecule has 0 spiro atoms. The molecule has 2 rings (SSSR count). The van der Waals surface area contributed by atoms with Crippen molar-refractivity contribution < 1.29 is 4.79 Å². The highest BCUT2D eigenvalue weighted by molar-refractivity contribution is 5.77. The van der Waals surface area contributed by atoms with Gasteiger partial charge in [0.1, 0.15) is 0 Å². The van der Waals surface area contributed by atoms with Crippen molar-refractivity contribution in [3.8, 4) is 0 Å². The molecule has 1 amide bonds. The van der Waals surface area contributed by atoms with Gasteiger partial charge in [-0.1, -0.05) is 6.42 Å². The fourth-order valence-corrected chi connectivity index (χ4v) is 2.22. The Hall–Kier alpha value is -0.570. The molecule has 86 valence electrons. The molecule has 2 aliphatic rings. The predicted molar refractivity (Wildman–Crippen MR) is 60.4 cm³/mol. The topological polar surface area (TPSA) is 46.3 Å². The summed E-state index contributed by atoms with van der Waals surface area (Å²) >= 11 is 0. The van der Waals surface area contributed by atoms with E-state index in [-0.39, 0.29) is 0 Å². The monoisotopic (exact) mass is 210 g/mol. The van der Waals surface area contributed by atoms with E-state index in [2.05, 4.69) is 4.90 Å². The van der Waals surface area contributed by atoms with Gasteiger partial charge in [0, 0.05) is 19.0 Å². The van der Waals surface area contributed by atoms with Crippen LogP contribution in [-0.2, 0) is 4.79 Å². The largest absolute Gasteiger partial charge is 0.340 e. The number of rotatable bonds is 6. The predicted octanol–water partition coefficient (Wildman–Crippen LogP) is 1.52. The maximum atomic E-state index is 12.0. The first-order valence-electron chi connectivity index (χ1n) is 6.31. The Labute approximate surface area is 92.0 Å². The van der Waals surface area contributed by atoms with Crippen LogP contribution in [0.25, 0.3) is 0 Å². The van der Waals surface area contributed by atoms with Gasteiger partial charge < -0.3 is 10.6 Å². The molecule has 0 radical (unpaired) electrons. The minimum atomic E-state index is 0.385. The van der Waals surface area contributed by atoms with Gasteiger partial charge in [-0.3, -0.25) is 4.79 Å². The maximum Gasteiger partial charge on any atom is 0.223 e. The lowest BCUT2D eigenvalue weighted by molar-refractivity contribution is -0.133. The maximum absolute atomic E-state index is 12.0. The van der Waals surface area contributed by atoms with E-state index >= 15 is 0 Å².